The molecule has 104 valence electrons. The lowest BCUT2D eigenvalue weighted by molar-refractivity contribution is -0.176. The molecule has 1 saturated heterocycles. The van der Waals surface area contributed by atoms with Crippen molar-refractivity contribution >= 4 is 0 Å². The number of benzene rings is 1. The van der Waals surface area contributed by atoms with Crippen molar-refractivity contribution in [2.75, 3.05) is 20.2 Å². The molecule has 0 amide bonds. The fraction of sp³-hybridized carbons (Fsp3) is 0.625. The molecule has 3 rings (SSSR count). The highest BCUT2D eigenvalue weighted by Gasteiger charge is 2.47. The molecule has 1 aliphatic heterocycles. The number of morpholine rings is 1. The van der Waals surface area contributed by atoms with Gasteiger partial charge in [-0.1, -0.05) is 13.0 Å². The average Bonchev–Trinajstić information content (AvgIpc) is 2.77. The smallest absolute Gasteiger partial charge is 0.119 e. The topological polar surface area (TPSA) is 30.5 Å². The molecule has 1 fully saturated rings. The van der Waals surface area contributed by atoms with Crippen molar-refractivity contribution in [3.63, 3.8) is 0 Å². The summed E-state index contributed by atoms with van der Waals surface area (Å²) in [5.41, 5.74) is 2.50. The van der Waals surface area contributed by atoms with Gasteiger partial charge in [-0.15, -0.1) is 0 Å². The Labute approximate surface area is 115 Å². The first-order valence-electron chi connectivity index (χ1n) is 7.19. The van der Waals surface area contributed by atoms with E-state index in [-0.39, 0.29) is 11.2 Å². The third-order valence-corrected chi connectivity index (χ3v) is 4.71. The van der Waals surface area contributed by atoms with Crippen LogP contribution in [0.3, 0.4) is 0 Å². The average molecular weight is 261 g/mol. The number of nitrogens with one attached hydrogen (secondary N) is 1. The molecule has 3 nitrogen and oxygen atoms in total. The van der Waals surface area contributed by atoms with E-state index in [1.165, 1.54) is 11.1 Å². The molecule has 2 atom stereocenters. The van der Waals surface area contributed by atoms with Gasteiger partial charge in [0, 0.05) is 13.1 Å². The summed E-state index contributed by atoms with van der Waals surface area (Å²) in [6.07, 6.45) is 3.19. The number of aryl methyl sites for hydroxylation is 1. The van der Waals surface area contributed by atoms with E-state index in [1.807, 2.05) is 6.07 Å². The summed E-state index contributed by atoms with van der Waals surface area (Å²) in [7, 11) is 1.72. The molecular weight excluding hydrogens is 238 g/mol. The van der Waals surface area contributed by atoms with E-state index in [9.17, 15) is 0 Å². The van der Waals surface area contributed by atoms with Crippen LogP contribution < -0.4 is 10.1 Å². The Morgan fingerprint density at radius 1 is 1.37 bits per heavy atom. The van der Waals surface area contributed by atoms with E-state index >= 15 is 0 Å². The lowest BCUT2D eigenvalue weighted by atomic mass is 9.89. The number of ether oxygens (including phenoxy) is 2. The normalized spacial score (nSPS) is 33.4. The Bertz CT molecular complexity index is 484. The zero-order chi connectivity index (χ0) is 13.5. The SMILES string of the molecule is CCC1(C)CNCC2(CCc3ccc(OC)cc32)O1. The van der Waals surface area contributed by atoms with Crippen molar-refractivity contribution in [2.24, 2.45) is 0 Å². The quantitative estimate of drug-likeness (QED) is 0.887. The summed E-state index contributed by atoms with van der Waals surface area (Å²) in [4.78, 5) is 0. The zero-order valence-electron chi connectivity index (χ0n) is 12.1. The van der Waals surface area contributed by atoms with E-state index in [0.29, 0.717) is 0 Å². The molecule has 0 saturated carbocycles. The largest absolute Gasteiger partial charge is 0.497 e. The Kier molecular flexibility index (Phi) is 3.06. The molecule has 0 bridgehead atoms. The number of rotatable bonds is 2. The van der Waals surface area contributed by atoms with Crippen LogP contribution in [-0.2, 0) is 16.8 Å². The highest BCUT2D eigenvalue weighted by molar-refractivity contribution is 5.43. The molecule has 1 spiro atoms. The Morgan fingerprint density at radius 2 is 2.21 bits per heavy atom. The second-order valence-electron chi connectivity index (χ2n) is 6.03. The molecule has 1 heterocycles. The fourth-order valence-corrected chi connectivity index (χ4v) is 3.36. The molecule has 1 aromatic rings. The Balaban J connectivity index is 1.99. The summed E-state index contributed by atoms with van der Waals surface area (Å²) >= 11 is 0. The minimum atomic E-state index is -0.160. The second-order valence-corrected chi connectivity index (χ2v) is 6.03. The van der Waals surface area contributed by atoms with Gasteiger partial charge in [0.05, 0.1) is 12.7 Å². The van der Waals surface area contributed by atoms with Gasteiger partial charge in [0.15, 0.2) is 0 Å². The highest BCUT2D eigenvalue weighted by atomic mass is 16.5. The highest BCUT2D eigenvalue weighted by Crippen LogP contribution is 2.45. The number of hydrogen-bond donors (Lipinski definition) is 1. The molecule has 0 radical (unpaired) electrons. The maximum absolute atomic E-state index is 6.58. The van der Waals surface area contributed by atoms with E-state index in [4.69, 9.17) is 9.47 Å². The first-order chi connectivity index (χ1) is 9.11. The molecule has 1 aromatic carbocycles. The summed E-state index contributed by atoms with van der Waals surface area (Å²) in [6.45, 7) is 6.24. The van der Waals surface area contributed by atoms with Crippen LogP contribution in [-0.4, -0.2) is 25.8 Å². The number of methoxy groups -OCH3 is 1. The molecule has 1 N–H and O–H groups in total. The Morgan fingerprint density at radius 3 is 2.95 bits per heavy atom. The van der Waals surface area contributed by atoms with Crippen molar-refractivity contribution in [3.05, 3.63) is 29.3 Å². The number of hydrogen-bond acceptors (Lipinski definition) is 3. The first-order valence-corrected chi connectivity index (χ1v) is 7.19. The maximum atomic E-state index is 6.58. The van der Waals surface area contributed by atoms with Crippen LogP contribution in [0, 0.1) is 0 Å². The van der Waals surface area contributed by atoms with Crippen LogP contribution >= 0.6 is 0 Å². The zero-order valence-corrected chi connectivity index (χ0v) is 12.1. The molecule has 1 aliphatic carbocycles. The van der Waals surface area contributed by atoms with Crippen molar-refractivity contribution in [2.45, 2.75) is 44.3 Å². The van der Waals surface area contributed by atoms with Gasteiger partial charge in [0.1, 0.15) is 11.4 Å². The molecule has 2 unspecified atom stereocenters. The van der Waals surface area contributed by atoms with Gasteiger partial charge in [-0.05, 0) is 49.4 Å². The minimum Gasteiger partial charge on any atom is -0.497 e. The van der Waals surface area contributed by atoms with E-state index in [2.05, 4.69) is 31.3 Å². The second kappa shape index (κ2) is 4.50. The molecule has 2 aliphatic rings. The van der Waals surface area contributed by atoms with E-state index in [1.54, 1.807) is 7.11 Å². The standard InChI is InChI=1S/C16H23NO2/c1-4-15(2)10-17-11-16(19-15)8-7-12-5-6-13(18-3)9-14(12)16/h5-6,9,17H,4,7-8,10-11H2,1-3H3. The molecular formula is C16H23NO2. The van der Waals surface area contributed by atoms with Crippen LogP contribution in [0.15, 0.2) is 18.2 Å². The van der Waals surface area contributed by atoms with Crippen LogP contribution in [0.1, 0.15) is 37.8 Å². The Hall–Kier alpha value is -1.06. The lowest BCUT2D eigenvalue weighted by Crippen LogP contribution is -2.56. The third kappa shape index (κ3) is 2.05. The minimum absolute atomic E-state index is 0.0665. The molecule has 19 heavy (non-hydrogen) atoms. The van der Waals surface area contributed by atoms with Crippen molar-refractivity contribution < 1.29 is 9.47 Å². The van der Waals surface area contributed by atoms with Crippen molar-refractivity contribution in [1.29, 1.82) is 0 Å². The maximum Gasteiger partial charge on any atom is 0.119 e. The number of fused-ring (bicyclic) bond motifs is 2. The van der Waals surface area contributed by atoms with Crippen LogP contribution in [0.5, 0.6) is 5.75 Å². The van der Waals surface area contributed by atoms with Crippen LogP contribution in [0.25, 0.3) is 0 Å². The van der Waals surface area contributed by atoms with E-state index in [0.717, 1.165) is 38.1 Å². The summed E-state index contributed by atoms with van der Waals surface area (Å²) in [5.74, 6) is 0.924. The van der Waals surface area contributed by atoms with Crippen molar-refractivity contribution in [1.82, 2.24) is 5.32 Å². The van der Waals surface area contributed by atoms with Gasteiger partial charge < -0.3 is 14.8 Å². The van der Waals surface area contributed by atoms with Gasteiger partial charge in [-0.25, -0.2) is 0 Å². The molecule has 0 aromatic heterocycles. The van der Waals surface area contributed by atoms with Crippen LogP contribution in [0.4, 0.5) is 0 Å². The van der Waals surface area contributed by atoms with Crippen LogP contribution in [0.2, 0.25) is 0 Å². The van der Waals surface area contributed by atoms with Crippen molar-refractivity contribution in [3.8, 4) is 5.75 Å². The molecule has 3 heteroatoms. The van der Waals surface area contributed by atoms with Gasteiger partial charge in [-0.2, -0.15) is 0 Å². The summed E-state index contributed by atoms with van der Waals surface area (Å²) in [6, 6.07) is 6.39. The predicted octanol–water partition coefficient (Wildman–Crippen LogP) is 2.63. The van der Waals surface area contributed by atoms with Gasteiger partial charge >= 0.3 is 0 Å². The monoisotopic (exact) mass is 261 g/mol. The first kappa shape index (κ1) is 12.9. The predicted molar refractivity (Wildman–Crippen MR) is 75.6 cm³/mol. The van der Waals surface area contributed by atoms with Gasteiger partial charge in [-0.3, -0.25) is 0 Å². The summed E-state index contributed by atoms with van der Waals surface area (Å²) in [5, 5.41) is 3.57. The van der Waals surface area contributed by atoms with E-state index < -0.39 is 0 Å². The third-order valence-electron chi connectivity index (χ3n) is 4.71. The van der Waals surface area contributed by atoms with Gasteiger partial charge in [0.25, 0.3) is 0 Å². The fourth-order valence-electron chi connectivity index (χ4n) is 3.36. The van der Waals surface area contributed by atoms with Gasteiger partial charge in [0.2, 0.25) is 0 Å². The summed E-state index contributed by atoms with van der Waals surface area (Å²) < 4.78 is 12.0. The lowest BCUT2D eigenvalue weighted by Gasteiger charge is -2.46.